The lowest BCUT2D eigenvalue weighted by atomic mass is 10.3. The number of hydrogen-bond acceptors (Lipinski definition) is 4. The third-order valence-corrected chi connectivity index (χ3v) is 1.48. The van der Waals surface area contributed by atoms with Crippen molar-refractivity contribution in [2.24, 2.45) is 0 Å². The quantitative estimate of drug-likeness (QED) is 0.564. The fraction of sp³-hybridized carbons (Fsp3) is 0.200. The number of aromatic amines is 1. The largest absolute Gasteiger partial charge is 0.433 e. The van der Waals surface area contributed by atoms with Gasteiger partial charge in [0.2, 0.25) is 0 Å². The molecule has 0 saturated carbocycles. The van der Waals surface area contributed by atoms with E-state index in [2.05, 4.69) is 17.2 Å². The molecule has 0 unspecified atom stereocenters. The maximum Gasteiger partial charge on any atom is 0.433 e. The topological polar surface area (TPSA) is 80.7 Å². The van der Waals surface area contributed by atoms with Crippen molar-refractivity contribution in [1.82, 2.24) is 9.97 Å². The van der Waals surface area contributed by atoms with Crippen molar-refractivity contribution in [3.8, 4) is 0 Å². The number of nitrogens with two attached hydrogens (primary N) is 2. The highest BCUT2D eigenvalue weighted by Gasteiger charge is 2.35. The molecule has 0 atom stereocenters. The van der Waals surface area contributed by atoms with Crippen LogP contribution in [0.2, 0.25) is 0 Å². The van der Waals surface area contributed by atoms with E-state index >= 15 is 0 Å². The molecule has 1 heterocycles. The minimum absolute atomic E-state index is 0.348. The van der Waals surface area contributed by atoms with Gasteiger partial charge in [-0.15, -0.1) is 0 Å². The van der Waals surface area contributed by atoms with Gasteiger partial charge >= 0.3 is 6.18 Å². The molecule has 0 bridgehead atoms. The fourth-order valence-electron chi connectivity index (χ4n) is 0.723. The molecule has 0 aliphatic carbocycles. The number of halogens is 3. The normalized spacial score (nSPS) is 11.6. The molecule has 4 nitrogen and oxygen atoms in total. The molecule has 0 fully saturated rings. The maximum absolute atomic E-state index is 12.2. The first-order valence-electron chi connectivity index (χ1n) is 3.05. The van der Waals surface area contributed by atoms with E-state index in [1.165, 1.54) is 0 Å². The van der Waals surface area contributed by atoms with Gasteiger partial charge in [-0.3, -0.25) is 0 Å². The van der Waals surface area contributed by atoms with E-state index in [4.69, 9.17) is 11.5 Å². The van der Waals surface area contributed by atoms with Gasteiger partial charge in [0.15, 0.2) is 10.6 Å². The van der Waals surface area contributed by atoms with Crippen LogP contribution in [0.15, 0.2) is 0 Å². The van der Waals surface area contributed by atoms with Crippen LogP contribution >= 0.6 is 12.2 Å². The maximum atomic E-state index is 12.2. The molecule has 0 radical (unpaired) electrons. The van der Waals surface area contributed by atoms with Gasteiger partial charge in [0.05, 0.1) is 0 Å². The fourth-order valence-corrected chi connectivity index (χ4v) is 0.924. The zero-order valence-electron chi connectivity index (χ0n) is 6.14. The first-order valence-corrected chi connectivity index (χ1v) is 3.45. The van der Waals surface area contributed by atoms with Crippen molar-refractivity contribution in [3.63, 3.8) is 0 Å². The van der Waals surface area contributed by atoms with Gasteiger partial charge in [-0.25, -0.2) is 4.98 Å². The van der Waals surface area contributed by atoms with Crippen molar-refractivity contribution < 1.29 is 13.2 Å². The van der Waals surface area contributed by atoms with Crippen molar-refractivity contribution >= 4 is 23.7 Å². The van der Waals surface area contributed by atoms with Crippen molar-refractivity contribution in [2.75, 3.05) is 11.5 Å². The Morgan fingerprint density at radius 3 is 2.31 bits per heavy atom. The summed E-state index contributed by atoms with van der Waals surface area (Å²) in [5.41, 5.74) is 8.35. The molecule has 0 spiro atoms. The number of rotatable bonds is 0. The van der Waals surface area contributed by atoms with E-state index in [1.54, 1.807) is 0 Å². The van der Waals surface area contributed by atoms with Gasteiger partial charge in [-0.05, 0) is 12.2 Å². The molecule has 8 heteroatoms. The zero-order valence-corrected chi connectivity index (χ0v) is 6.96. The summed E-state index contributed by atoms with van der Waals surface area (Å²) in [4.78, 5) is 5.19. The molecule has 13 heavy (non-hydrogen) atoms. The van der Waals surface area contributed by atoms with Crippen molar-refractivity contribution in [3.05, 3.63) is 10.5 Å². The van der Waals surface area contributed by atoms with Crippen LogP contribution in [0.25, 0.3) is 0 Å². The Hall–Kier alpha value is -1.31. The highest BCUT2D eigenvalue weighted by atomic mass is 32.1. The highest BCUT2D eigenvalue weighted by Crippen LogP contribution is 2.33. The van der Waals surface area contributed by atoms with E-state index in [0.29, 0.717) is 0 Å². The van der Waals surface area contributed by atoms with E-state index in [9.17, 15) is 13.2 Å². The summed E-state index contributed by atoms with van der Waals surface area (Å²) in [5, 5.41) is 0. The number of nitrogens with one attached hydrogen (secondary N) is 1. The first-order chi connectivity index (χ1) is 5.82. The molecule has 0 aliphatic rings. The summed E-state index contributed by atoms with van der Waals surface area (Å²) >= 11 is 4.41. The molecule has 5 N–H and O–H groups in total. The van der Waals surface area contributed by atoms with Gasteiger partial charge in [-0.2, -0.15) is 13.2 Å². The Morgan fingerprint density at radius 1 is 1.31 bits per heavy atom. The average molecular weight is 210 g/mol. The number of anilines is 2. The number of nitrogens with zero attached hydrogens (tertiary/aromatic N) is 1. The number of hydrogen-bond donors (Lipinski definition) is 3. The zero-order chi connectivity index (χ0) is 10.2. The summed E-state index contributed by atoms with van der Waals surface area (Å²) < 4.78 is 36.2. The van der Waals surface area contributed by atoms with Crippen LogP contribution in [0, 0.1) is 4.77 Å². The highest BCUT2D eigenvalue weighted by molar-refractivity contribution is 7.71. The summed E-state index contributed by atoms with van der Waals surface area (Å²) in [6, 6.07) is 0. The third kappa shape index (κ3) is 1.89. The first kappa shape index (κ1) is 9.78. The van der Waals surface area contributed by atoms with E-state index in [-0.39, 0.29) is 4.77 Å². The molecule has 0 aromatic carbocycles. The minimum atomic E-state index is -4.60. The molecular weight excluding hydrogens is 205 g/mol. The average Bonchev–Trinajstić information content (AvgIpc) is 1.94. The summed E-state index contributed by atoms with van der Waals surface area (Å²) in [6.07, 6.45) is -4.60. The van der Waals surface area contributed by atoms with Crippen LogP contribution in [-0.2, 0) is 6.18 Å². The summed E-state index contributed by atoms with van der Waals surface area (Å²) in [6.45, 7) is 0. The van der Waals surface area contributed by atoms with E-state index < -0.39 is 23.4 Å². The third-order valence-electron chi connectivity index (χ3n) is 1.28. The molecular formula is C5H5F3N4S. The predicted molar refractivity (Wildman–Crippen MR) is 43.2 cm³/mol. The van der Waals surface area contributed by atoms with Crippen LogP contribution in [0.4, 0.5) is 24.7 Å². The standard InChI is InChI=1S/C5H5F3N4S/c6-5(7,8)2-1(9)3(10)12-4(13)11-2/h9H2,(H3,10,11,12,13). The van der Waals surface area contributed by atoms with Gasteiger partial charge in [-0.1, -0.05) is 0 Å². The van der Waals surface area contributed by atoms with Crippen molar-refractivity contribution in [1.29, 1.82) is 0 Å². The summed E-state index contributed by atoms with van der Waals surface area (Å²) in [7, 11) is 0. The van der Waals surface area contributed by atoms with Gasteiger partial charge in [0, 0.05) is 0 Å². The Bertz CT molecular complexity index is 382. The SMILES string of the molecule is Nc1nc(=S)[nH]c(C(F)(F)F)c1N. The van der Waals surface area contributed by atoms with Crippen LogP contribution in [0.1, 0.15) is 5.69 Å². The molecule has 72 valence electrons. The monoisotopic (exact) mass is 210 g/mol. The second-order valence-electron chi connectivity index (χ2n) is 2.21. The molecule has 0 amide bonds. The van der Waals surface area contributed by atoms with Gasteiger partial charge in [0.1, 0.15) is 11.4 Å². The number of alkyl halides is 3. The minimum Gasteiger partial charge on any atom is -0.394 e. The van der Waals surface area contributed by atoms with Gasteiger partial charge in [0.25, 0.3) is 0 Å². The molecule has 1 aromatic heterocycles. The second-order valence-corrected chi connectivity index (χ2v) is 2.60. The van der Waals surface area contributed by atoms with Crippen LogP contribution in [0.3, 0.4) is 0 Å². The molecule has 0 saturated heterocycles. The van der Waals surface area contributed by atoms with E-state index in [0.717, 1.165) is 0 Å². The lowest BCUT2D eigenvalue weighted by Gasteiger charge is -2.10. The Kier molecular flexibility index (Phi) is 2.16. The Balaban J connectivity index is 3.46. The second kappa shape index (κ2) is 2.87. The lowest BCUT2D eigenvalue weighted by molar-refractivity contribution is -0.140. The van der Waals surface area contributed by atoms with Crippen LogP contribution in [-0.4, -0.2) is 9.97 Å². The van der Waals surface area contributed by atoms with Crippen LogP contribution < -0.4 is 11.5 Å². The number of aromatic nitrogens is 2. The van der Waals surface area contributed by atoms with Crippen molar-refractivity contribution in [2.45, 2.75) is 6.18 Å². The Labute approximate surface area is 75.8 Å². The summed E-state index contributed by atoms with van der Waals surface area (Å²) in [5.74, 6) is -0.420. The molecule has 1 rings (SSSR count). The number of H-pyrrole nitrogens is 1. The van der Waals surface area contributed by atoms with Crippen LogP contribution in [0.5, 0.6) is 0 Å². The molecule has 1 aromatic rings. The van der Waals surface area contributed by atoms with Gasteiger partial charge < -0.3 is 16.5 Å². The number of nitrogen functional groups attached to an aromatic ring is 2. The Morgan fingerprint density at radius 2 is 1.85 bits per heavy atom. The lowest BCUT2D eigenvalue weighted by Crippen LogP contribution is -2.14. The van der Waals surface area contributed by atoms with E-state index in [1.807, 2.05) is 4.98 Å². The smallest absolute Gasteiger partial charge is 0.394 e. The predicted octanol–water partition coefficient (Wildman–Crippen LogP) is 1.32. The molecule has 0 aliphatic heterocycles.